The Labute approximate surface area is 203 Å². The van der Waals surface area contributed by atoms with Gasteiger partial charge in [-0.25, -0.2) is 9.78 Å². The predicted molar refractivity (Wildman–Crippen MR) is 136 cm³/mol. The van der Waals surface area contributed by atoms with Crippen LogP contribution in [0.5, 0.6) is 0 Å². The number of carbonyl (C=O) groups excluding carboxylic acids is 1. The van der Waals surface area contributed by atoms with E-state index in [0.717, 1.165) is 30.2 Å². The summed E-state index contributed by atoms with van der Waals surface area (Å²) >= 11 is 0. The molecule has 0 bridgehead atoms. The molecule has 0 N–H and O–H groups in total. The third-order valence-corrected chi connectivity index (χ3v) is 8.27. The smallest absolute Gasteiger partial charge is 0.362 e. The molecular weight excluding hydrogens is 426 g/mol. The molecule has 4 rings (SSSR count). The molecule has 1 saturated heterocycles. The van der Waals surface area contributed by atoms with E-state index in [0.29, 0.717) is 23.6 Å². The summed E-state index contributed by atoms with van der Waals surface area (Å²) < 4.78 is 6.92. The van der Waals surface area contributed by atoms with Crippen LogP contribution in [0.3, 0.4) is 0 Å². The maximum atomic E-state index is 13.4. The molecule has 2 heterocycles. The van der Waals surface area contributed by atoms with E-state index in [-0.39, 0.29) is 23.9 Å². The third kappa shape index (κ3) is 4.93. The molecule has 186 valence electrons. The molecule has 2 aromatic rings. The van der Waals surface area contributed by atoms with E-state index in [1.807, 2.05) is 24.3 Å². The van der Waals surface area contributed by atoms with Gasteiger partial charge in [-0.2, -0.15) is 0 Å². The number of rotatable bonds is 7. The van der Waals surface area contributed by atoms with Crippen LogP contribution < -0.4 is 5.56 Å². The van der Waals surface area contributed by atoms with E-state index in [4.69, 9.17) is 4.74 Å². The van der Waals surface area contributed by atoms with Gasteiger partial charge in [-0.05, 0) is 89.7 Å². The highest BCUT2D eigenvalue weighted by Gasteiger charge is 2.38. The van der Waals surface area contributed by atoms with Gasteiger partial charge in [-0.15, -0.1) is 0 Å². The van der Waals surface area contributed by atoms with Crippen LogP contribution in [0.25, 0.3) is 11.0 Å². The molecule has 6 nitrogen and oxygen atoms in total. The molecule has 34 heavy (non-hydrogen) atoms. The molecule has 0 radical (unpaired) electrons. The summed E-state index contributed by atoms with van der Waals surface area (Å²) in [4.78, 5) is 33.1. The van der Waals surface area contributed by atoms with Gasteiger partial charge >= 0.3 is 5.97 Å². The van der Waals surface area contributed by atoms with Gasteiger partial charge in [-0.1, -0.05) is 26.0 Å². The number of hydrogen-bond donors (Lipinski definition) is 0. The molecule has 6 heteroatoms. The van der Waals surface area contributed by atoms with E-state index in [1.165, 1.54) is 32.1 Å². The topological polar surface area (TPSA) is 64.4 Å². The number of benzene rings is 1. The summed E-state index contributed by atoms with van der Waals surface area (Å²) in [5.74, 6) is 0.986. The highest BCUT2D eigenvalue weighted by atomic mass is 16.5. The van der Waals surface area contributed by atoms with E-state index in [1.54, 1.807) is 11.5 Å². The SMILES string of the molecule is CCOC(=O)c1nc2ccccc2n([C@@H](C)C[C@@H]2CC[C@H](C)N2[C@H]2CC[C@H](C(C)C)CC2)c1=O. The summed E-state index contributed by atoms with van der Waals surface area (Å²) in [6, 6.07) is 9.24. The molecule has 1 aliphatic carbocycles. The van der Waals surface area contributed by atoms with Crippen molar-refractivity contribution in [2.75, 3.05) is 6.61 Å². The Morgan fingerprint density at radius 1 is 1.09 bits per heavy atom. The van der Waals surface area contributed by atoms with Crippen LogP contribution in [0.1, 0.15) is 96.1 Å². The Morgan fingerprint density at radius 2 is 1.79 bits per heavy atom. The van der Waals surface area contributed by atoms with Gasteiger partial charge in [0.1, 0.15) is 0 Å². The van der Waals surface area contributed by atoms with Crippen LogP contribution in [-0.2, 0) is 4.74 Å². The van der Waals surface area contributed by atoms with Crippen molar-refractivity contribution < 1.29 is 9.53 Å². The molecule has 0 spiro atoms. The summed E-state index contributed by atoms with van der Waals surface area (Å²) in [7, 11) is 0. The van der Waals surface area contributed by atoms with Crippen LogP contribution in [-0.4, -0.2) is 45.2 Å². The Kier molecular flexibility index (Phi) is 7.76. The Hall–Kier alpha value is -2.21. The highest BCUT2D eigenvalue weighted by molar-refractivity contribution is 5.89. The third-order valence-electron chi connectivity index (χ3n) is 8.27. The molecule has 2 fully saturated rings. The average Bonchev–Trinajstić information content (AvgIpc) is 3.18. The molecule has 3 atom stereocenters. The minimum absolute atomic E-state index is 0.0432. The first-order chi connectivity index (χ1) is 16.3. The zero-order chi connectivity index (χ0) is 24.4. The van der Waals surface area contributed by atoms with Gasteiger partial charge in [0.2, 0.25) is 5.69 Å². The first-order valence-electron chi connectivity index (χ1n) is 13.3. The van der Waals surface area contributed by atoms with Gasteiger partial charge in [0.15, 0.2) is 0 Å². The first kappa shape index (κ1) is 24.9. The number of aromatic nitrogens is 2. The lowest BCUT2D eigenvalue weighted by Crippen LogP contribution is -2.46. The van der Waals surface area contributed by atoms with E-state index < -0.39 is 5.97 Å². The summed E-state index contributed by atoms with van der Waals surface area (Å²) in [6.45, 7) is 11.1. The number of likely N-dealkylation sites (tertiary alicyclic amines) is 1. The van der Waals surface area contributed by atoms with Gasteiger partial charge in [0.25, 0.3) is 5.56 Å². The zero-order valence-corrected chi connectivity index (χ0v) is 21.5. The minimum Gasteiger partial charge on any atom is -0.461 e. The molecule has 0 amide bonds. The fraction of sp³-hybridized carbons (Fsp3) is 0.679. The number of carbonyl (C=O) groups is 1. The van der Waals surface area contributed by atoms with E-state index in [9.17, 15) is 9.59 Å². The Morgan fingerprint density at radius 3 is 2.47 bits per heavy atom. The summed E-state index contributed by atoms with van der Waals surface area (Å²) in [5.41, 5.74) is 0.972. The normalized spacial score (nSPS) is 26.8. The zero-order valence-electron chi connectivity index (χ0n) is 21.5. The lowest BCUT2D eigenvalue weighted by Gasteiger charge is -2.42. The van der Waals surface area contributed by atoms with Crippen molar-refractivity contribution in [2.24, 2.45) is 11.8 Å². The quantitative estimate of drug-likeness (QED) is 0.497. The largest absolute Gasteiger partial charge is 0.461 e. The standard InChI is InChI=1S/C28H41N3O3/c1-6-34-28(33)26-27(32)31(25-10-8-7-9-24(25)29-26)20(5)17-23-14-11-19(4)30(23)22-15-12-21(13-16-22)18(2)3/h7-10,18-23H,6,11-17H2,1-5H3/t19-,20-,21-,22-,23-/m0/s1. The first-order valence-corrected chi connectivity index (χ1v) is 13.3. The maximum absolute atomic E-state index is 13.4. The molecule has 1 aromatic heterocycles. The molecule has 1 aliphatic heterocycles. The van der Waals surface area contributed by atoms with Crippen LogP contribution in [0.2, 0.25) is 0 Å². The van der Waals surface area contributed by atoms with Gasteiger partial charge in [-0.3, -0.25) is 9.69 Å². The number of hydrogen-bond acceptors (Lipinski definition) is 5. The van der Waals surface area contributed by atoms with Crippen molar-refractivity contribution in [1.82, 2.24) is 14.5 Å². The van der Waals surface area contributed by atoms with Crippen molar-refractivity contribution in [3.8, 4) is 0 Å². The van der Waals surface area contributed by atoms with Crippen molar-refractivity contribution in [3.63, 3.8) is 0 Å². The summed E-state index contributed by atoms with van der Waals surface area (Å²) in [6.07, 6.45) is 8.48. The van der Waals surface area contributed by atoms with Crippen molar-refractivity contribution in [2.45, 2.75) is 104 Å². The van der Waals surface area contributed by atoms with Gasteiger partial charge in [0, 0.05) is 24.2 Å². The second-order valence-electron chi connectivity index (χ2n) is 10.8. The van der Waals surface area contributed by atoms with Crippen molar-refractivity contribution in [1.29, 1.82) is 0 Å². The van der Waals surface area contributed by atoms with Crippen LogP contribution in [0, 0.1) is 11.8 Å². The Bertz CT molecular complexity index is 1050. The van der Waals surface area contributed by atoms with Crippen LogP contribution in [0.15, 0.2) is 29.1 Å². The molecule has 2 aliphatic rings. The summed E-state index contributed by atoms with van der Waals surface area (Å²) in [5, 5.41) is 0. The van der Waals surface area contributed by atoms with Gasteiger partial charge in [0.05, 0.1) is 17.6 Å². The lowest BCUT2D eigenvalue weighted by molar-refractivity contribution is 0.0516. The van der Waals surface area contributed by atoms with Gasteiger partial charge < -0.3 is 9.30 Å². The van der Waals surface area contributed by atoms with Crippen molar-refractivity contribution >= 4 is 17.0 Å². The van der Waals surface area contributed by atoms with Crippen LogP contribution >= 0.6 is 0 Å². The lowest BCUT2D eigenvalue weighted by atomic mass is 9.79. The number of fused-ring (bicyclic) bond motifs is 1. The number of ether oxygens (including phenoxy) is 1. The second-order valence-corrected chi connectivity index (χ2v) is 10.8. The fourth-order valence-electron chi connectivity index (χ4n) is 6.48. The minimum atomic E-state index is -0.641. The second kappa shape index (κ2) is 10.6. The fourth-order valence-corrected chi connectivity index (χ4v) is 6.48. The average molecular weight is 468 g/mol. The Balaban J connectivity index is 1.60. The van der Waals surface area contributed by atoms with E-state index >= 15 is 0 Å². The maximum Gasteiger partial charge on any atom is 0.362 e. The molecule has 1 aromatic carbocycles. The monoisotopic (exact) mass is 467 g/mol. The van der Waals surface area contributed by atoms with Crippen molar-refractivity contribution in [3.05, 3.63) is 40.3 Å². The number of para-hydroxylation sites is 2. The predicted octanol–water partition coefficient (Wildman–Crippen LogP) is 5.59. The van der Waals surface area contributed by atoms with Crippen LogP contribution in [0.4, 0.5) is 0 Å². The number of nitrogens with zero attached hydrogens (tertiary/aromatic N) is 3. The molecule has 1 saturated carbocycles. The number of esters is 1. The molecule has 0 unspecified atom stereocenters. The van der Waals surface area contributed by atoms with E-state index in [2.05, 4.69) is 37.6 Å². The molecular formula is C28H41N3O3. The highest BCUT2D eigenvalue weighted by Crippen LogP contribution is 2.39.